The van der Waals surface area contributed by atoms with Crippen LogP contribution in [0.3, 0.4) is 0 Å². The molecule has 5 heteroatoms. The standard InChI is InChI=1S/C17H22BrNO3/c1-12-9-14(18)7-8-15(12)19-16(20)11-22-17(21)10-13-5-3-2-4-6-13/h7-9,13H,2-6,10-11H2,1H3,(H,19,20). The van der Waals surface area contributed by atoms with E-state index in [0.29, 0.717) is 12.3 Å². The van der Waals surface area contributed by atoms with Gasteiger partial charge in [-0.1, -0.05) is 35.2 Å². The Kier molecular flexibility index (Phi) is 6.43. The third-order valence-electron chi connectivity index (χ3n) is 4.01. The van der Waals surface area contributed by atoms with Gasteiger partial charge in [0.15, 0.2) is 6.61 Å². The molecule has 120 valence electrons. The van der Waals surface area contributed by atoms with Crippen LogP contribution in [-0.2, 0) is 14.3 Å². The molecule has 0 aromatic heterocycles. The molecular weight excluding hydrogens is 346 g/mol. The molecule has 2 rings (SSSR count). The van der Waals surface area contributed by atoms with E-state index in [2.05, 4.69) is 21.2 Å². The first-order valence-corrected chi connectivity index (χ1v) is 8.55. The van der Waals surface area contributed by atoms with Gasteiger partial charge in [0.25, 0.3) is 5.91 Å². The number of esters is 1. The van der Waals surface area contributed by atoms with E-state index in [0.717, 1.165) is 28.6 Å². The first-order chi connectivity index (χ1) is 10.5. The Labute approximate surface area is 139 Å². The molecule has 0 heterocycles. The number of rotatable bonds is 5. The Balaban J connectivity index is 1.73. The molecule has 22 heavy (non-hydrogen) atoms. The van der Waals surface area contributed by atoms with Crippen LogP contribution in [0.4, 0.5) is 5.69 Å². The first kappa shape index (κ1) is 17.0. The van der Waals surface area contributed by atoms with E-state index >= 15 is 0 Å². The van der Waals surface area contributed by atoms with Gasteiger partial charge in [-0.2, -0.15) is 0 Å². The minimum Gasteiger partial charge on any atom is -0.456 e. The average Bonchev–Trinajstić information content (AvgIpc) is 2.49. The summed E-state index contributed by atoms with van der Waals surface area (Å²) in [6, 6.07) is 5.60. The van der Waals surface area contributed by atoms with Crippen molar-refractivity contribution in [1.29, 1.82) is 0 Å². The van der Waals surface area contributed by atoms with Gasteiger partial charge in [-0.05, 0) is 49.4 Å². The molecular formula is C17H22BrNO3. The summed E-state index contributed by atoms with van der Waals surface area (Å²) >= 11 is 3.38. The highest BCUT2D eigenvalue weighted by Gasteiger charge is 2.18. The lowest BCUT2D eigenvalue weighted by atomic mass is 9.87. The van der Waals surface area contributed by atoms with Gasteiger partial charge in [0, 0.05) is 16.6 Å². The lowest BCUT2D eigenvalue weighted by Gasteiger charge is -2.20. The summed E-state index contributed by atoms with van der Waals surface area (Å²) < 4.78 is 6.04. The molecule has 1 aromatic rings. The fourth-order valence-electron chi connectivity index (χ4n) is 2.79. The van der Waals surface area contributed by atoms with Crippen LogP contribution in [0.15, 0.2) is 22.7 Å². The topological polar surface area (TPSA) is 55.4 Å². The van der Waals surface area contributed by atoms with Crippen LogP contribution in [-0.4, -0.2) is 18.5 Å². The molecule has 1 aliphatic carbocycles. The Morgan fingerprint density at radius 1 is 1.27 bits per heavy atom. The van der Waals surface area contributed by atoms with Crippen LogP contribution in [0.25, 0.3) is 0 Å². The van der Waals surface area contributed by atoms with Crippen molar-refractivity contribution in [3.05, 3.63) is 28.2 Å². The van der Waals surface area contributed by atoms with Gasteiger partial charge >= 0.3 is 5.97 Å². The molecule has 1 aromatic carbocycles. The largest absolute Gasteiger partial charge is 0.456 e. The first-order valence-electron chi connectivity index (χ1n) is 7.76. The quantitative estimate of drug-likeness (QED) is 0.793. The lowest BCUT2D eigenvalue weighted by Crippen LogP contribution is -2.22. The second-order valence-corrected chi connectivity index (χ2v) is 6.79. The maximum absolute atomic E-state index is 11.8. The van der Waals surface area contributed by atoms with Crippen molar-refractivity contribution in [2.45, 2.75) is 45.4 Å². The number of aryl methyl sites for hydroxylation is 1. The summed E-state index contributed by atoms with van der Waals surface area (Å²) in [7, 11) is 0. The van der Waals surface area contributed by atoms with Crippen LogP contribution in [0.5, 0.6) is 0 Å². The van der Waals surface area contributed by atoms with Crippen molar-refractivity contribution < 1.29 is 14.3 Å². The van der Waals surface area contributed by atoms with E-state index in [4.69, 9.17) is 4.74 Å². The summed E-state index contributed by atoms with van der Waals surface area (Å²) in [6.45, 7) is 1.69. The summed E-state index contributed by atoms with van der Waals surface area (Å²) in [5.41, 5.74) is 1.69. The third kappa shape index (κ3) is 5.44. The van der Waals surface area contributed by atoms with Crippen molar-refractivity contribution >= 4 is 33.5 Å². The maximum atomic E-state index is 11.8. The van der Waals surface area contributed by atoms with Gasteiger partial charge in [0.05, 0.1) is 0 Å². The number of ether oxygens (including phenoxy) is 1. The SMILES string of the molecule is Cc1cc(Br)ccc1NC(=O)COC(=O)CC1CCCCC1. The number of halogens is 1. The number of amides is 1. The number of benzene rings is 1. The fourth-order valence-corrected chi connectivity index (χ4v) is 3.26. The molecule has 1 fully saturated rings. The van der Waals surface area contributed by atoms with Gasteiger partial charge < -0.3 is 10.1 Å². The highest BCUT2D eigenvalue weighted by atomic mass is 79.9. The van der Waals surface area contributed by atoms with Gasteiger partial charge in [0.1, 0.15) is 0 Å². The zero-order valence-corrected chi connectivity index (χ0v) is 14.4. The Morgan fingerprint density at radius 3 is 2.68 bits per heavy atom. The van der Waals surface area contributed by atoms with Crippen LogP contribution >= 0.6 is 15.9 Å². The molecule has 0 spiro atoms. The number of carbonyl (C=O) groups excluding carboxylic acids is 2. The third-order valence-corrected chi connectivity index (χ3v) is 4.50. The molecule has 1 saturated carbocycles. The Morgan fingerprint density at radius 2 is 2.00 bits per heavy atom. The molecule has 0 bridgehead atoms. The van der Waals surface area contributed by atoms with E-state index in [1.807, 2.05) is 25.1 Å². The smallest absolute Gasteiger partial charge is 0.306 e. The van der Waals surface area contributed by atoms with Crippen LogP contribution in [0.1, 0.15) is 44.1 Å². The predicted molar refractivity (Wildman–Crippen MR) is 89.7 cm³/mol. The predicted octanol–water partition coefficient (Wildman–Crippen LogP) is 4.21. The second kappa shape index (κ2) is 8.32. The van der Waals surface area contributed by atoms with Crippen LogP contribution in [0.2, 0.25) is 0 Å². The lowest BCUT2D eigenvalue weighted by molar-refractivity contribution is -0.148. The normalized spacial score (nSPS) is 15.4. The number of nitrogens with one attached hydrogen (secondary N) is 1. The number of anilines is 1. The summed E-state index contributed by atoms with van der Waals surface area (Å²) in [5.74, 6) is -0.143. The van der Waals surface area contributed by atoms with E-state index in [1.165, 1.54) is 19.3 Å². The van der Waals surface area contributed by atoms with E-state index < -0.39 is 0 Å². The molecule has 0 saturated heterocycles. The molecule has 1 N–H and O–H groups in total. The highest BCUT2D eigenvalue weighted by Crippen LogP contribution is 2.26. The highest BCUT2D eigenvalue weighted by molar-refractivity contribution is 9.10. The van der Waals surface area contributed by atoms with E-state index in [1.54, 1.807) is 0 Å². The number of carbonyl (C=O) groups is 2. The number of hydrogen-bond acceptors (Lipinski definition) is 3. The molecule has 1 amide bonds. The summed E-state index contributed by atoms with van der Waals surface area (Å²) in [4.78, 5) is 23.6. The van der Waals surface area contributed by atoms with Crippen LogP contribution < -0.4 is 5.32 Å². The molecule has 0 atom stereocenters. The average molecular weight is 368 g/mol. The molecule has 4 nitrogen and oxygen atoms in total. The minimum atomic E-state index is -0.303. The van der Waals surface area contributed by atoms with Crippen molar-refractivity contribution in [2.75, 3.05) is 11.9 Å². The fraction of sp³-hybridized carbons (Fsp3) is 0.529. The molecule has 0 aliphatic heterocycles. The summed E-state index contributed by atoms with van der Waals surface area (Å²) in [6.07, 6.45) is 6.28. The Bertz CT molecular complexity index is 539. The van der Waals surface area contributed by atoms with Gasteiger partial charge in [0.2, 0.25) is 0 Å². The zero-order valence-electron chi connectivity index (χ0n) is 12.9. The van der Waals surface area contributed by atoms with Gasteiger partial charge in [-0.15, -0.1) is 0 Å². The molecule has 0 unspecified atom stereocenters. The monoisotopic (exact) mass is 367 g/mol. The molecule has 1 aliphatic rings. The Hall–Kier alpha value is -1.36. The van der Waals surface area contributed by atoms with Crippen molar-refractivity contribution in [1.82, 2.24) is 0 Å². The van der Waals surface area contributed by atoms with Crippen molar-refractivity contribution in [3.63, 3.8) is 0 Å². The van der Waals surface area contributed by atoms with Gasteiger partial charge in [-0.25, -0.2) is 0 Å². The maximum Gasteiger partial charge on any atom is 0.306 e. The van der Waals surface area contributed by atoms with Crippen LogP contribution in [0, 0.1) is 12.8 Å². The second-order valence-electron chi connectivity index (χ2n) is 5.88. The van der Waals surface area contributed by atoms with Crippen molar-refractivity contribution in [2.24, 2.45) is 5.92 Å². The van der Waals surface area contributed by atoms with E-state index in [-0.39, 0.29) is 18.5 Å². The van der Waals surface area contributed by atoms with Gasteiger partial charge in [-0.3, -0.25) is 9.59 Å². The number of hydrogen-bond donors (Lipinski definition) is 1. The van der Waals surface area contributed by atoms with Crippen molar-refractivity contribution in [3.8, 4) is 0 Å². The summed E-state index contributed by atoms with van der Waals surface area (Å²) in [5, 5.41) is 2.76. The minimum absolute atomic E-state index is 0.221. The van der Waals surface area contributed by atoms with E-state index in [9.17, 15) is 9.59 Å². The molecule has 0 radical (unpaired) electrons. The zero-order chi connectivity index (χ0) is 15.9.